The van der Waals surface area contributed by atoms with Crippen molar-refractivity contribution in [3.63, 3.8) is 0 Å². The molecule has 0 N–H and O–H groups in total. The Kier molecular flexibility index (Phi) is 2.24. The van der Waals surface area contributed by atoms with Crippen LogP contribution in [0.15, 0.2) is 0 Å². The van der Waals surface area contributed by atoms with Crippen molar-refractivity contribution in [2.75, 3.05) is 0 Å². The number of hydrogen-bond acceptors (Lipinski definition) is 4. The molecule has 0 aromatic carbocycles. The molecule has 0 amide bonds. The molecule has 0 bridgehead atoms. The van der Waals surface area contributed by atoms with Crippen LogP contribution in [0.4, 0.5) is 0 Å². The van der Waals surface area contributed by atoms with Crippen LogP contribution in [-0.4, -0.2) is 0 Å². The maximum absolute atomic E-state index is 8.11. The molecule has 45 valence electrons. The molecule has 0 aliphatic rings. The first-order valence-electron chi connectivity index (χ1n) is 1.56. The zero-order chi connectivity index (χ0) is 7.33. The molecule has 0 fully saturated rings. The van der Waals surface area contributed by atoms with Crippen molar-refractivity contribution >= 4 is 0 Å². The Morgan fingerprint density at radius 2 is 0.889 bits per heavy atom. The van der Waals surface area contributed by atoms with Crippen molar-refractivity contribution in [2.45, 2.75) is 0 Å². The number of rotatable bonds is 0. The Labute approximate surface area is 54.3 Å². The van der Waals surface area contributed by atoms with E-state index in [1.54, 1.807) is 0 Å². The minimum absolute atomic E-state index is 1.39. The SMILES string of the molecule is N#[C][Co]([C]#N)([C]#N)[C]#N. The van der Waals surface area contributed by atoms with Gasteiger partial charge in [0.2, 0.25) is 0 Å². The van der Waals surface area contributed by atoms with Crippen molar-refractivity contribution in [3.05, 3.63) is 0 Å². The van der Waals surface area contributed by atoms with Crippen LogP contribution in [0.3, 0.4) is 0 Å². The van der Waals surface area contributed by atoms with Gasteiger partial charge in [0.1, 0.15) is 0 Å². The van der Waals surface area contributed by atoms with Gasteiger partial charge in [0, 0.05) is 0 Å². The molecular weight excluding hydrogens is 163 g/mol. The van der Waals surface area contributed by atoms with Crippen LogP contribution in [-0.2, 0) is 12.6 Å². The van der Waals surface area contributed by atoms with E-state index in [0.29, 0.717) is 0 Å². The molecule has 0 aliphatic heterocycles. The molecule has 0 aromatic heterocycles. The van der Waals surface area contributed by atoms with E-state index in [0.717, 1.165) is 0 Å². The van der Waals surface area contributed by atoms with E-state index in [1.807, 2.05) is 0 Å². The molecule has 5 heteroatoms. The molecular formula is C4CoN4. The average Bonchev–Trinajstić information content (AvgIpc) is 1.95. The third-order valence-corrected chi connectivity index (χ3v) is 1.84. The third kappa shape index (κ3) is 1.18. The summed E-state index contributed by atoms with van der Waals surface area (Å²) >= 11 is -3.18. The first-order chi connectivity index (χ1) is 4.24. The first-order valence-corrected chi connectivity index (χ1v) is 3.64. The fourth-order valence-corrected chi connectivity index (χ4v) is 0.412. The minimum atomic E-state index is -3.18. The standard InChI is InChI=1S/4CN.Co/c4*1-2;. The monoisotopic (exact) mass is 163 g/mol. The van der Waals surface area contributed by atoms with Crippen LogP contribution >= 0.6 is 0 Å². The molecule has 0 atom stereocenters. The molecule has 0 radical (unpaired) electrons. The summed E-state index contributed by atoms with van der Waals surface area (Å²) in [6.07, 6.45) is 0. The summed E-state index contributed by atoms with van der Waals surface area (Å²) in [5.41, 5.74) is 0. The van der Waals surface area contributed by atoms with Crippen molar-refractivity contribution in [1.29, 1.82) is 21.0 Å². The second-order valence-corrected chi connectivity index (χ2v) is 3.29. The summed E-state index contributed by atoms with van der Waals surface area (Å²) < 4.78 is 0. The summed E-state index contributed by atoms with van der Waals surface area (Å²) in [6.45, 7) is 0. The van der Waals surface area contributed by atoms with Crippen molar-refractivity contribution in [2.24, 2.45) is 0 Å². The van der Waals surface area contributed by atoms with E-state index in [4.69, 9.17) is 21.0 Å². The molecule has 9 heavy (non-hydrogen) atoms. The number of hydrogen-bond donors (Lipinski definition) is 0. The van der Waals surface area contributed by atoms with Crippen molar-refractivity contribution in [1.82, 2.24) is 0 Å². The fraction of sp³-hybridized carbons (Fsp3) is 0. The fourth-order valence-electron chi connectivity index (χ4n) is 0.100. The van der Waals surface area contributed by atoms with E-state index in [1.165, 1.54) is 20.0 Å². The summed E-state index contributed by atoms with van der Waals surface area (Å²) in [7, 11) is 0. The van der Waals surface area contributed by atoms with Gasteiger partial charge in [0.25, 0.3) is 0 Å². The number of nitriles is 4. The van der Waals surface area contributed by atoms with Gasteiger partial charge in [-0.1, -0.05) is 0 Å². The van der Waals surface area contributed by atoms with E-state index < -0.39 is 12.6 Å². The van der Waals surface area contributed by atoms with E-state index in [2.05, 4.69) is 0 Å². The molecule has 0 aromatic rings. The molecule has 0 aliphatic carbocycles. The Morgan fingerprint density at radius 1 is 0.667 bits per heavy atom. The van der Waals surface area contributed by atoms with Gasteiger partial charge >= 0.3 is 53.7 Å². The summed E-state index contributed by atoms with van der Waals surface area (Å²) in [5.74, 6) is 0. The molecule has 4 nitrogen and oxygen atoms in total. The van der Waals surface area contributed by atoms with Gasteiger partial charge in [-0.2, -0.15) is 0 Å². The maximum atomic E-state index is 8.11. The van der Waals surface area contributed by atoms with Crippen LogP contribution in [0.2, 0.25) is 0 Å². The van der Waals surface area contributed by atoms with Crippen LogP contribution in [0, 0.1) is 41.1 Å². The van der Waals surface area contributed by atoms with Crippen LogP contribution < -0.4 is 0 Å². The molecule has 0 heterocycles. The van der Waals surface area contributed by atoms with Gasteiger partial charge in [0.15, 0.2) is 0 Å². The van der Waals surface area contributed by atoms with Gasteiger partial charge in [-0.15, -0.1) is 0 Å². The van der Waals surface area contributed by atoms with E-state index in [9.17, 15) is 0 Å². The van der Waals surface area contributed by atoms with Crippen LogP contribution in [0.5, 0.6) is 0 Å². The Bertz CT molecular complexity index is 205. The molecule has 0 saturated heterocycles. The van der Waals surface area contributed by atoms with Crippen LogP contribution in [0.1, 0.15) is 0 Å². The second kappa shape index (κ2) is 2.70. The molecule has 0 unspecified atom stereocenters. The average molecular weight is 163 g/mol. The third-order valence-electron chi connectivity index (χ3n) is 0.447. The quantitative estimate of drug-likeness (QED) is 0.504. The topological polar surface area (TPSA) is 95.2 Å². The first kappa shape index (κ1) is 7.47. The van der Waals surface area contributed by atoms with Crippen molar-refractivity contribution < 1.29 is 12.6 Å². The predicted octanol–water partition coefficient (Wildman–Crippen LogP) is 0.0646. The Balaban J connectivity index is 4.84. The van der Waals surface area contributed by atoms with Gasteiger partial charge in [-0.25, -0.2) is 0 Å². The van der Waals surface area contributed by atoms with Gasteiger partial charge in [-0.05, 0) is 0 Å². The van der Waals surface area contributed by atoms with E-state index >= 15 is 0 Å². The zero-order valence-corrected chi connectivity index (χ0v) is 5.16. The predicted molar refractivity (Wildman–Crippen MR) is 22.5 cm³/mol. The zero-order valence-electron chi connectivity index (χ0n) is 4.12. The molecule has 0 spiro atoms. The van der Waals surface area contributed by atoms with E-state index in [-0.39, 0.29) is 0 Å². The number of nitrogens with zero attached hydrogens (tertiary/aromatic N) is 4. The Hall–Kier alpha value is -1.53. The summed E-state index contributed by atoms with van der Waals surface area (Å²) in [4.78, 5) is 0. The normalized spacial score (nSPS) is 9.33. The summed E-state index contributed by atoms with van der Waals surface area (Å²) in [5, 5.41) is 38.0. The van der Waals surface area contributed by atoms with Crippen LogP contribution in [0.25, 0.3) is 0 Å². The van der Waals surface area contributed by atoms with Gasteiger partial charge < -0.3 is 0 Å². The second-order valence-electron chi connectivity index (χ2n) is 0.798. The van der Waals surface area contributed by atoms with Gasteiger partial charge in [-0.3, -0.25) is 0 Å². The summed E-state index contributed by atoms with van der Waals surface area (Å²) in [6, 6.07) is 0. The Morgan fingerprint density at radius 3 is 0.889 bits per heavy atom. The van der Waals surface area contributed by atoms with Crippen molar-refractivity contribution in [3.8, 4) is 20.0 Å². The molecule has 0 rings (SSSR count). The van der Waals surface area contributed by atoms with Gasteiger partial charge in [0.05, 0.1) is 0 Å². The molecule has 0 saturated carbocycles.